The third-order valence-electron chi connectivity index (χ3n) is 4.32. The first-order valence-corrected chi connectivity index (χ1v) is 11.2. The van der Waals surface area contributed by atoms with Crippen molar-refractivity contribution < 1.29 is 0 Å². The highest BCUT2D eigenvalue weighted by Gasteiger charge is 2.21. The Morgan fingerprint density at radius 3 is 1.35 bits per heavy atom. The first-order valence-electron chi connectivity index (χ1n) is 9.10. The zero-order chi connectivity index (χ0) is 14.5. The maximum atomic E-state index is 2.30. The average molecular weight is 317 g/mol. The van der Waals surface area contributed by atoms with Gasteiger partial charge in [-0.2, -0.15) is 23.5 Å². The summed E-state index contributed by atoms with van der Waals surface area (Å²) in [5, 5.41) is 1.99. The third-order valence-corrected chi connectivity index (χ3v) is 7.26. The number of hydrogen-bond acceptors (Lipinski definition) is 2. The number of unbranched alkanes of at least 4 members (excludes halogenated alkanes) is 6. The summed E-state index contributed by atoms with van der Waals surface area (Å²) in [5.74, 6) is 2.83. The summed E-state index contributed by atoms with van der Waals surface area (Å²) in [6.07, 6.45) is 17.4. The van der Waals surface area contributed by atoms with E-state index in [0.29, 0.717) is 0 Å². The number of hydrogen-bond donors (Lipinski definition) is 0. The second-order valence-corrected chi connectivity index (χ2v) is 9.08. The van der Waals surface area contributed by atoms with Crippen molar-refractivity contribution in [3.05, 3.63) is 0 Å². The Hall–Kier alpha value is 0.700. The van der Waals surface area contributed by atoms with Gasteiger partial charge in [0.1, 0.15) is 0 Å². The van der Waals surface area contributed by atoms with E-state index in [2.05, 4.69) is 37.4 Å². The fourth-order valence-electron chi connectivity index (χ4n) is 2.92. The molecule has 0 amide bonds. The summed E-state index contributed by atoms with van der Waals surface area (Å²) in [6.45, 7) is 4.60. The molecule has 1 aliphatic carbocycles. The van der Waals surface area contributed by atoms with Gasteiger partial charge in [-0.05, 0) is 50.0 Å². The zero-order valence-electron chi connectivity index (χ0n) is 13.9. The van der Waals surface area contributed by atoms with Gasteiger partial charge in [0.25, 0.3) is 0 Å². The molecular formula is C18H36S2. The maximum absolute atomic E-state index is 2.30. The highest BCUT2D eigenvalue weighted by atomic mass is 32.2. The average Bonchev–Trinajstić information content (AvgIpc) is 2.48. The number of rotatable bonds is 12. The van der Waals surface area contributed by atoms with Crippen LogP contribution in [0.25, 0.3) is 0 Å². The Labute approximate surface area is 136 Å². The highest BCUT2D eigenvalue weighted by molar-refractivity contribution is 8.00. The van der Waals surface area contributed by atoms with Crippen LogP contribution in [0.15, 0.2) is 0 Å². The summed E-state index contributed by atoms with van der Waals surface area (Å²) >= 11 is 4.55. The van der Waals surface area contributed by atoms with Gasteiger partial charge >= 0.3 is 0 Å². The molecule has 1 saturated carbocycles. The van der Waals surface area contributed by atoms with Gasteiger partial charge in [-0.1, -0.05) is 52.4 Å². The molecule has 0 aromatic rings. The predicted octanol–water partition coefficient (Wildman–Crippen LogP) is 6.92. The summed E-state index contributed by atoms with van der Waals surface area (Å²) in [4.78, 5) is 0. The third kappa shape index (κ3) is 9.60. The molecule has 2 heteroatoms. The molecule has 0 aliphatic heterocycles. The molecule has 0 atom stereocenters. The Morgan fingerprint density at radius 2 is 1.00 bits per heavy atom. The van der Waals surface area contributed by atoms with Gasteiger partial charge in [-0.3, -0.25) is 0 Å². The van der Waals surface area contributed by atoms with E-state index in [4.69, 9.17) is 0 Å². The molecule has 0 spiro atoms. The van der Waals surface area contributed by atoms with Crippen LogP contribution in [-0.4, -0.2) is 22.0 Å². The molecule has 0 aromatic carbocycles. The molecule has 1 fully saturated rings. The van der Waals surface area contributed by atoms with Crippen molar-refractivity contribution in [2.45, 2.75) is 101 Å². The minimum Gasteiger partial charge on any atom is -0.159 e. The van der Waals surface area contributed by atoms with Crippen molar-refractivity contribution >= 4 is 23.5 Å². The lowest BCUT2D eigenvalue weighted by Crippen LogP contribution is -2.18. The Bertz CT molecular complexity index is 176. The second kappa shape index (κ2) is 13.4. The molecule has 0 N–H and O–H groups in total. The molecule has 0 aromatic heterocycles. The Morgan fingerprint density at radius 1 is 0.600 bits per heavy atom. The van der Waals surface area contributed by atoms with Crippen LogP contribution in [0.4, 0.5) is 0 Å². The molecule has 0 radical (unpaired) electrons. The Kier molecular flexibility index (Phi) is 12.5. The van der Waals surface area contributed by atoms with Crippen molar-refractivity contribution in [3.63, 3.8) is 0 Å². The fraction of sp³-hybridized carbons (Fsp3) is 1.00. The van der Waals surface area contributed by atoms with Gasteiger partial charge in [0.2, 0.25) is 0 Å². The fourth-order valence-corrected chi connectivity index (χ4v) is 5.54. The standard InChI is InChI=1S/C18H36S2/c1-3-5-7-9-15-19-17-11-13-18(14-12-17)20-16-10-8-6-4-2/h17-18H,3-16H2,1-2H3. The largest absolute Gasteiger partial charge is 0.159 e. The van der Waals surface area contributed by atoms with E-state index in [1.807, 2.05) is 0 Å². The van der Waals surface area contributed by atoms with Crippen molar-refractivity contribution in [3.8, 4) is 0 Å². The summed E-state index contributed by atoms with van der Waals surface area (Å²) < 4.78 is 0. The summed E-state index contributed by atoms with van der Waals surface area (Å²) in [6, 6.07) is 0. The maximum Gasteiger partial charge on any atom is 0.00478 e. The van der Waals surface area contributed by atoms with Crippen molar-refractivity contribution in [2.75, 3.05) is 11.5 Å². The van der Waals surface area contributed by atoms with Gasteiger partial charge in [0, 0.05) is 10.5 Å². The highest BCUT2D eigenvalue weighted by Crippen LogP contribution is 2.35. The summed E-state index contributed by atoms with van der Waals surface area (Å²) in [5.41, 5.74) is 0. The molecule has 0 saturated heterocycles. The molecule has 0 heterocycles. The normalized spacial score (nSPS) is 23.1. The van der Waals surface area contributed by atoms with Crippen LogP contribution >= 0.6 is 23.5 Å². The molecular weight excluding hydrogens is 280 g/mol. The van der Waals surface area contributed by atoms with Crippen LogP contribution in [-0.2, 0) is 0 Å². The van der Waals surface area contributed by atoms with E-state index >= 15 is 0 Å². The van der Waals surface area contributed by atoms with Crippen LogP contribution in [0, 0.1) is 0 Å². The molecule has 120 valence electrons. The SMILES string of the molecule is CCCCCCSC1CCC(SCCCCCC)CC1. The zero-order valence-corrected chi connectivity index (χ0v) is 15.5. The van der Waals surface area contributed by atoms with Crippen LogP contribution in [0.3, 0.4) is 0 Å². The Balaban J connectivity index is 1.91. The van der Waals surface area contributed by atoms with Crippen molar-refractivity contribution in [1.82, 2.24) is 0 Å². The quantitative estimate of drug-likeness (QED) is 0.358. The van der Waals surface area contributed by atoms with E-state index in [-0.39, 0.29) is 0 Å². The van der Waals surface area contributed by atoms with Crippen LogP contribution < -0.4 is 0 Å². The van der Waals surface area contributed by atoms with Gasteiger partial charge in [0.15, 0.2) is 0 Å². The van der Waals surface area contributed by atoms with Crippen LogP contribution in [0.1, 0.15) is 90.9 Å². The molecule has 0 bridgehead atoms. The first kappa shape index (κ1) is 18.7. The van der Waals surface area contributed by atoms with E-state index in [1.165, 1.54) is 88.6 Å². The van der Waals surface area contributed by atoms with Crippen molar-refractivity contribution in [1.29, 1.82) is 0 Å². The minimum absolute atomic E-state index is 0.994. The van der Waals surface area contributed by atoms with E-state index in [9.17, 15) is 0 Å². The number of thioether (sulfide) groups is 2. The molecule has 1 aliphatic rings. The topological polar surface area (TPSA) is 0 Å². The van der Waals surface area contributed by atoms with Gasteiger partial charge < -0.3 is 0 Å². The first-order chi connectivity index (χ1) is 9.86. The van der Waals surface area contributed by atoms with Crippen molar-refractivity contribution in [2.24, 2.45) is 0 Å². The predicted molar refractivity (Wildman–Crippen MR) is 99.2 cm³/mol. The van der Waals surface area contributed by atoms with Gasteiger partial charge in [0.05, 0.1) is 0 Å². The molecule has 1 rings (SSSR count). The lowest BCUT2D eigenvalue weighted by Gasteiger charge is -2.27. The van der Waals surface area contributed by atoms with Gasteiger partial charge in [-0.15, -0.1) is 0 Å². The molecule has 20 heavy (non-hydrogen) atoms. The minimum atomic E-state index is 0.994. The van der Waals surface area contributed by atoms with E-state index in [0.717, 1.165) is 10.5 Å². The monoisotopic (exact) mass is 316 g/mol. The lowest BCUT2D eigenvalue weighted by atomic mass is 10.00. The molecule has 0 nitrogen and oxygen atoms in total. The van der Waals surface area contributed by atoms with E-state index < -0.39 is 0 Å². The van der Waals surface area contributed by atoms with Gasteiger partial charge in [-0.25, -0.2) is 0 Å². The lowest BCUT2D eigenvalue weighted by molar-refractivity contribution is 0.527. The molecule has 0 unspecified atom stereocenters. The smallest absolute Gasteiger partial charge is 0.00478 e. The van der Waals surface area contributed by atoms with Crippen LogP contribution in [0.2, 0.25) is 0 Å². The summed E-state index contributed by atoms with van der Waals surface area (Å²) in [7, 11) is 0. The van der Waals surface area contributed by atoms with E-state index in [1.54, 1.807) is 0 Å². The van der Waals surface area contributed by atoms with Crippen LogP contribution in [0.5, 0.6) is 0 Å². The second-order valence-electron chi connectivity index (χ2n) is 6.26.